The highest BCUT2D eigenvalue weighted by molar-refractivity contribution is 6.35. The lowest BCUT2D eigenvalue weighted by atomic mass is 9.86. The first kappa shape index (κ1) is 23.3. The van der Waals surface area contributed by atoms with Crippen LogP contribution in [0.15, 0.2) is 54.2 Å². The average Bonchev–Trinajstić information content (AvgIpc) is 3.29. The molecule has 1 aliphatic heterocycles. The maximum Gasteiger partial charge on any atom is 0.335 e. The van der Waals surface area contributed by atoms with E-state index in [0.29, 0.717) is 11.3 Å². The summed E-state index contributed by atoms with van der Waals surface area (Å²) in [6.07, 6.45) is 2.14. The van der Waals surface area contributed by atoms with Crippen LogP contribution in [0.2, 0.25) is 0 Å². The Morgan fingerprint density at radius 1 is 1.06 bits per heavy atom. The molecule has 176 valence electrons. The number of hydrogen-bond acceptors (Lipinski definition) is 5. The minimum atomic E-state index is -1.02. The number of aryl methyl sites for hydroxylation is 2. The first-order chi connectivity index (χ1) is 16.3. The molecule has 7 nitrogen and oxygen atoms in total. The summed E-state index contributed by atoms with van der Waals surface area (Å²) >= 11 is 0. The highest BCUT2D eigenvalue weighted by Crippen LogP contribution is 2.38. The number of carbonyl (C=O) groups is 3. The smallest absolute Gasteiger partial charge is 0.335 e. The molecule has 0 aliphatic carbocycles. The maximum absolute atomic E-state index is 13.3. The zero-order valence-electron chi connectivity index (χ0n) is 19.8. The molecule has 7 heteroatoms. The summed E-state index contributed by atoms with van der Waals surface area (Å²) in [6.45, 7) is 5.69. The van der Waals surface area contributed by atoms with Crippen LogP contribution in [0.3, 0.4) is 0 Å². The molecule has 2 aromatic carbocycles. The molecular weight excluding hydrogens is 432 g/mol. The third kappa shape index (κ3) is 4.21. The molecule has 3 aromatic rings. The van der Waals surface area contributed by atoms with Crippen molar-refractivity contribution < 1.29 is 23.9 Å². The Morgan fingerprint density at radius 2 is 1.79 bits per heavy atom. The number of carbonyl (C=O) groups excluding carboxylic acids is 3. The monoisotopic (exact) mass is 460 g/mol. The fourth-order valence-corrected chi connectivity index (χ4v) is 4.52. The van der Waals surface area contributed by atoms with Gasteiger partial charge in [0, 0.05) is 35.4 Å². The quantitative estimate of drug-likeness (QED) is 0.422. The molecule has 1 N–H and O–H groups in total. The van der Waals surface area contributed by atoms with Crippen molar-refractivity contribution in [3.8, 4) is 0 Å². The number of aromatic nitrogens is 1. The van der Waals surface area contributed by atoms with Gasteiger partial charge in [-0.3, -0.25) is 9.59 Å². The van der Waals surface area contributed by atoms with Crippen molar-refractivity contribution in [2.75, 3.05) is 18.5 Å². The average molecular weight is 461 g/mol. The summed E-state index contributed by atoms with van der Waals surface area (Å²) in [6, 6.07) is 13.2. The van der Waals surface area contributed by atoms with Crippen LogP contribution < -0.4 is 5.32 Å². The van der Waals surface area contributed by atoms with E-state index in [1.54, 1.807) is 38.1 Å². The lowest BCUT2D eigenvalue weighted by molar-refractivity contribution is -0.150. The maximum atomic E-state index is 13.3. The van der Waals surface area contributed by atoms with E-state index in [0.717, 1.165) is 22.0 Å². The molecule has 0 fully saturated rings. The molecule has 0 saturated carbocycles. The third-order valence-corrected chi connectivity index (χ3v) is 6.01. The van der Waals surface area contributed by atoms with Crippen molar-refractivity contribution in [1.29, 1.82) is 0 Å². The summed E-state index contributed by atoms with van der Waals surface area (Å²) in [5.41, 5.74) is 4.35. The van der Waals surface area contributed by atoms with Crippen LogP contribution in [-0.2, 0) is 37.3 Å². The van der Waals surface area contributed by atoms with E-state index in [4.69, 9.17) is 9.47 Å². The van der Waals surface area contributed by atoms with Gasteiger partial charge in [0.25, 0.3) is 5.91 Å². The van der Waals surface area contributed by atoms with E-state index < -0.39 is 23.8 Å². The molecule has 0 spiro atoms. The predicted molar refractivity (Wildman–Crippen MR) is 130 cm³/mol. The van der Waals surface area contributed by atoms with Gasteiger partial charge in [0.2, 0.25) is 0 Å². The van der Waals surface area contributed by atoms with Crippen LogP contribution in [0.25, 0.3) is 16.5 Å². The standard InChI is InChI=1S/C27H28N2O5/c1-5-33-26(31)20(14-17-15-29(4)22-13-16(3)11-12-18(17)22)24(27(32)34-6-2)23-19-9-7-8-10-21(19)28-25(23)30/h7-13,15,20H,5-6,14H2,1-4H3,(H,28,30)/b24-23-. The lowest BCUT2D eigenvalue weighted by Gasteiger charge is -2.20. The summed E-state index contributed by atoms with van der Waals surface area (Å²) in [4.78, 5) is 39.6. The number of amides is 1. The highest BCUT2D eigenvalue weighted by atomic mass is 16.5. The number of hydrogen-bond donors (Lipinski definition) is 1. The molecule has 34 heavy (non-hydrogen) atoms. The number of esters is 2. The molecule has 0 saturated heterocycles. The SMILES string of the molecule is CCOC(=O)/C(=C1\C(=O)Nc2ccccc21)C(Cc1cn(C)c2cc(C)ccc12)C(=O)OCC. The summed E-state index contributed by atoms with van der Waals surface area (Å²) in [5.74, 6) is -2.72. The fraction of sp³-hybridized carbons (Fsp3) is 0.296. The van der Waals surface area contributed by atoms with Crippen molar-refractivity contribution in [1.82, 2.24) is 4.57 Å². The number of nitrogens with zero attached hydrogens (tertiary/aromatic N) is 1. The second-order valence-electron chi connectivity index (χ2n) is 8.30. The van der Waals surface area contributed by atoms with Gasteiger partial charge in [0.1, 0.15) is 0 Å². The first-order valence-corrected chi connectivity index (χ1v) is 11.4. The zero-order valence-corrected chi connectivity index (χ0v) is 19.8. The Bertz CT molecular complexity index is 1320. The summed E-state index contributed by atoms with van der Waals surface area (Å²) in [7, 11) is 1.94. The summed E-state index contributed by atoms with van der Waals surface area (Å²) in [5, 5.41) is 3.77. The van der Waals surface area contributed by atoms with E-state index >= 15 is 0 Å². The molecule has 4 rings (SSSR count). The Morgan fingerprint density at radius 3 is 2.53 bits per heavy atom. The van der Waals surface area contributed by atoms with Crippen LogP contribution in [0, 0.1) is 12.8 Å². The van der Waals surface area contributed by atoms with Gasteiger partial charge in [-0.1, -0.05) is 30.3 Å². The minimum absolute atomic E-state index is 0.0202. The number of nitrogens with one attached hydrogen (secondary N) is 1. The lowest BCUT2D eigenvalue weighted by Crippen LogP contribution is -2.29. The molecule has 1 unspecified atom stereocenters. The zero-order chi connectivity index (χ0) is 24.4. The van der Waals surface area contributed by atoms with E-state index in [1.807, 2.05) is 36.9 Å². The molecule has 1 atom stereocenters. The molecule has 1 aromatic heterocycles. The predicted octanol–water partition coefficient (Wildman–Crippen LogP) is 4.18. The Kier molecular flexibility index (Phi) is 6.54. The van der Waals surface area contributed by atoms with Gasteiger partial charge < -0.3 is 19.4 Å². The van der Waals surface area contributed by atoms with Gasteiger partial charge in [-0.25, -0.2) is 4.79 Å². The first-order valence-electron chi connectivity index (χ1n) is 11.4. The van der Waals surface area contributed by atoms with Gasteiger partial charge in [-0.05, 0) is 50.5 Å². The van der Waals surface area contributed by atoms with Gasteiger partial charge >= 0.3 is 11.9 Å². The fourth-order valence-electron chi connectivity index (χ4n) is 4.52. The van der Waals surface area contributed by atoms with Crippen LogP contribution in [0.4, 0.5) is 5.69 Å². The second kappa shape index (κ2) is 9.55. The van der Waals surface area contributed by atoms with E-state index in [2.05, 4.69) is 11.4 Å². The summed E-state index contributed by atoms with van der Waals surface area (Å²) < 4.78 is 12.7. The van der Waals surface area contributed by atoms with Crippen LogP contribution in [0.5, 0.6) is 0 Å². The van der Waals surface area contributed by atoms with Crippen molar-refractivity contribution >= 4 is 40.0 Å². The van der Waals surface area contributed by atoms with E-state index in [9.17, 15) is 14.4 Å². The van der Waals surface area contributed by atoms with Crippen molar-refractivity contribution in [2.45, 2.75) is 27.2 Å². The van der Waals surface area contributed by atoms with Gasteiger partial charge in [0.05, 0.1) is 30.3 Å². The van der Waals surface area contributed by atoms with Crippen molar-refractivity contribution in [2.24, 2.45) is 13.0 Å². The van der Waals surface area contributed by atoms with Crippen molar-refractivity contribution in [3.63, 3.8) is 0 Å². The molecule has 1 aliphatic rings. The Hall–Kier alpha value is -3.87. The molecular formula is C27H28N2O5. The number of anilines is 1. The Balaban J connectivity index is 1.91. The van der Waals surface area contributed by atoms with Gasteiger partial charge in [-0.2, -0.15) is 0 Å². The minimum Gasteiger partial charge on any atom is -0.466 e. The van der Waals surface area contributed by atoms with Crippen molar-refractivity contribution in [3.05, 3.63) is 70.9 Å². The van der Waals surface area contributed by atoms with Crippen LogP contribution >= 0.6 is 0 Å². The Labute approximate surface area is 198 Å². The highest BCUT2D eigenvalue weighted by Gasteiger charge is 2.39. The number of benzene rings is 2. The van der Waals surface area contributed by atoms with E-state index in [1.165, 1.54) is 0 Å². The number of rotatable bonds is 7. The molecule has 0 radical (unpaired) electrons. The van der Waals surface area contributed by atoms with E-state index in [-0.39, 0.29) is 30.8 Å². The third-order valence-electron chi connectivity index (χ3n) is 6.01. The molecule has 2 heterocycles. The topological polar surface area (TPSA) is 86.6 Å². The number of para-hydroxylation sites is 1. The largest absolute Gasteiger partial charge is 0.466 e. The van der Waals surface area contributed by atoms with Crippen LogP contribution in [-0.4, -0.2) is 35.6 Å². The van der Waals surface area contributed by atoms with Crippen LogP contribution in [0.1, 0.15) is 30.5 Å². The molecule has 1 amide bonds. The second-order valence-corrected chi connectivity index (χ2v) is 8.30. The van der Waals surface area contributed by atoms with Gasteiger partial charge in [-0.15, -0.1) is 0 Å². The normalized spacial score (nSPS) is 15.0. The number of fused-ring (bicyclic) bond motifs is 2. The number of ether oxygens (including phenoxy) is 2. The molecule has 0 bridgehead atoms. The van der Waals surface area contributed by atoms with Gasteiger partial charge in [0.15, 0.2) is 0 Å².